The molecule has 1 aliphatic heterocycles. The van der Waals surface area contributed by atoms with Crippen LogP contribution in [0.5, 0.6) is 0 Å². The van der Waals surface area contributed by atoms with E-state index >= 15 is 0 Å². The van der Waals surface area contributed by atoms with E-state index in [0.29, 0.717) is 71.5 Å². The second-order valence-electron chi connectivity index (χ2n) is 13.1. The van der Waals surface area contributed by atoms with Crippen LogP contribution in [0.3, 0.4) is 0 Å². The number of benzene rings is 2. The lowest BCUT2D eigenvalue weighted by atomic mass is 9.91. The molecule has 0 saturated heterocycles. The van der Waals surface area contributed by atoms with Crippen molar-refractivity contribution in [3.8, 4) is 5.69 Å². The molecule has 0 aliphatic carbocycles. The third-order valence-corrected chi connectivity index (χ3v) is 9.62. The molecule has 11 nitrogen and oxygen atoms in total. The van der Waals surface area contributed by atoms with Crippen molar-refractivity contribution >= 4 is 40.7 Å². The number of carbonyl (C=O) groups is 3. The molecular formula is C39H44ClN7O4. The second-order valence-corrected chi connectivity index (χ2v) is 13.5. The summed E-state index contributed by atoms with van der Waals surface area (Å²) in [6.07, 6.45) is 8.03. The molecule has 266 valence electrons. The van der Waals surface area contributed by atoms with Crippen molar-refractivity contribution in [2.24, 2.45) is 0 Å². The molecule has 1 aliphatic rings. The predicted octanol–water partition coefficient (Wildman–Crippen LogP) is 6.73. The fraction of sp³-hybridized carbons (Fsp3) is 0.359. The van der Waals surface area contributed by atoms with Crippen LogP contribution in [-0.4, -0.2) is 77.5 Å². The Morgan fingerprint density at radius 3 is 2.43 bits per heavy atom. The van der Waals surface area contributed by atoms with E-state index < -0.39 is 5.91 Å². The molecule has 0 saturated carbocycles. The lowest BCUT2D eigenvalue weighted by Crippen LogP contribution is -2.45. The Morgan fingerprint density at radius 1 is 0.961 bits per heavy atom. The largest absolute Gasteiger partial charge is 0.396 e. The van der Waals surface area contributed by atoms with Crippen molar-refractivity contribution in [1.29, 1.82) is 0 Å². The number of fused-ring (bicyclic) bond motifs is 2. The summed E-state index contributed by atoms with van der Waals surface area (Å²) < 4.78 is 3.31. The zero-order valence-corrected chi connectivity index (χ0v) is 30.1. The van der Waals surface area contributed by atoms with Crippen LogP contribution in [-0.2, 0) is 13.0 Å². The van der Waals surface area contributed by atoms with E-state index in [9.17, 15) is 19.5 Å². The van der Waals surface area contributed by atoms with Crippen molar-refractivity contribution in [2.75, 3.05) is 25.0 Å². The normalized spacial score (nSPS) is 14.1. The summed E-state index contributed by atoms with van der Waals surface area (Å²) in [6, 6.07) is 18.1. The Labute approximate surface area is 302 Å². The summed E-state index contributed by atoms with van der Waals surface area (Å²) in [5.41, 5.74) is 5.12. The van der Waals surface area contributed by atoms with Gasteiger partial charge in [0.15, 0.2) is 5.69 Å². The van der Waals surface area contributed by atoms with Crippen LogP contribution >= 0.6 is 11.6 Å². The number of halogens is 1. The van der Waals surface area contributed by atoms with Crippen molar-refractivity contribution in [1.82, 2.24) is 29.0 Å². The number of pyridine rings is 1. The van der Waals surface area contributed by atoms with Gasteiger partial charge in [0.25, 0.3) is 17.7 Å². The maximum absolute atomic E-state index is 14.7. The molecule has 5 aromatic rings. The van der Waals surface area contributed by atoms with Gasteiger partial charge in [-0.05, 0) is 80.1 Å². The molecular weight excluding hydrogens is 666 g/mol. The SMILES string of the molecule is CCCCN(CCCC)C(=O)c1cc(C)n(-c2ccc(NC(=O)c3cn4cc(Cl)ccc4n3)cc2C(=O)N2Cc3ccccc3C[C@H]2CCO)n1. The fourth-order valence-electron chi connectivity index (χ4n) is 6.62. The van der Waals surface area contributed by atoms with Crippen LogP contribution in [0.15, 0.2) is 73.1 Å². The van der Waals surface area contributed by atoms with Crippen LogP contribution in [0.25, 0.3) is 11.3 Å². The molecule has 3 amide bonds. The summed E-state index contributed by atoms with van der Waals surface area (Å²) in [6.45, 7) is 7.67. The standard InChI is InChI=1S/C39H44ClN7O4/c1-4-6-17-44(18-7-5-2)39(51)33-20-26(3)47(43-33)35-14-13-30(41-37(49)34-25-45-24-29(40)12-15-36(45)42-34)22-32(35)38(50)46-23-28-11-9-8-10-27(28)21-31(46)16-19-48/h8-15,20,22,24-25,31,48H,4-7,16-19,21,23H2,1-3H3,(H,41,49)/t31-/m1/s1. The molecule has 0 spiro atoms. The highest BCUT2D eigenvalue weighted by Gasteiger charge is 2.32. The van der Waals surface area contributed by atoms with Gasteiger partial charge in [-0.25, -0.2) is 9.67 Å². The fourth-order valence-corrected chi connectivity index (χ4v) is 6.79. The molecule has 1 atom stereocenters. The first-order valence-corrected chi connectivity index (χ1v) is 18.0. The molecule has 0 fully saturated rings. The van der Waals surface area contributed by atoms with Crippen LogP contribution in [0, 0.1) is 6.92 Å². The van der Waals surface area contributed by atoms with Gasteiger partial charge in [0, 0.05) is 56.1 Å². The summed E-state index contributed by atoms with van der Waals surface area (Å²) in [7, 11) is 0. The first-order chi connectivity index (χ1) is 24.7. The number of nitrogens with zero attached hydrogens (tertiary/aromatic N) is 6. The third kappa shape index (κ3) is 7.84. The first kappa shape index (κ1) is 35.8. The Balaban J connectivity index is 1.38. The van der Waals surface area contributed by atoms with Gasteiger partial charge in [0.05, 0.1) is 16.3 Å². The van der Waals surface area contributed by atoms with Crippen LogP contribution < -0.4 is 5.32 Å². The van der Waals surface area contributed by atoms with Crippen LogP contribution in [0.4, 0.5) is 5.69 Å². The van der Waals surface area contributed by atoms with Gasteiger partial charge in [-0.15, -0.1) is 0 Å². The van der Waals surface area contributed by atoms with E-state index in [4.69, 9.17) is 16.7 Å². The molecule has 3 aromatic heterocycles. The van der Waals surface area contributed by atoms with Crippen LogP contribution in [0.1, 0.15) is 94.1 Å². The third-order valence-electron chi connectivity index (χ3n) is 9.40. The van der Waals surface area contributed by atoms with Crippen molar-refractivity contribution < 1.29 is 19.5 Å². The maximum Gasteiger partial charge on any atom is 0.275 e. The summed E-state index contributed by atoms with van der Waals surface area (Å²) in [5.74, 6) is -0.861. The topological polar surface area (TPSA) is 125 Å². The Morgan fingerprint density at radius 2 is 1.71 bits per heavy atom. The zero-order valence-electron chi connectivity index (χ0n) is 29.3. The highest BCUT2D eigenvalue weighted by Crippen LogP contribution is 2.30. The van der Waals surface area contributed by atoms with Crippen molar-refractivity contribution in [3.63, 3.8) is 0 Å². The number of carbonyl (C=O) groups excluding carboxylic acids is 3. The number of aryl methyl sites for hydroxylation is 1. The number of hydrogen-bond acceptors (Lipinski definition) is 6. The molecule has 51 heavy (non-hydrogen) atoms. The lowest BCUT2D eigenvalue weighted by molar-refractivity contribution is 0.0605. The Kier molecular flexibility index (Phi) is 11.2. The molecule has 2 aromatic carbocycles. The van der Waals surface area contributed by atoms with Crippen molar-refractivity contribution in [2.45, 2.75) is 71.9 Å². The zero-order chi connectivity index (χ0) is 36.1. The maximum atomic E-state index is 14.7. The number of hydrogen-bond donors (Lipinski definition) is 2. The second kappa shape index (κ2) is 15.9. The van der Waals surface area contributed by atoms with E-state index in [0.717, 1.165) is 36.8 Å². The van der Waals surface area contributed by atoms with Gasteiger partial charge >= 0.3 is 0 Å². The number of anilines is 1. The highest BCUT2D eigenvalue weighted by atomic mass is 35.5. The number of rotatable bonds is 13. The highest BCUT2D eigenvalue weighted by molar-refractivity contribution is 6.30. The van der Waals surface area contributed by atoms with Gasteiger partial charge in [-0.2, -0.15) is 5.10 Å². The number of aliphatic hydroxyl groups is 1. The minimum atomic E-state index is -0.451. The van der Waals surface area contributed by atoms with E-state index in [1.54, 1.807) is 62.8 Å². The molecule has 12 heteroatoms. The van der Waals surface area contributed by atoms with Gasteiger partial charge in [-0.3, -0.25) is 14.4 Å². The van der Waals surface area contributed by atoms with E-state index in [2.05, 4.69) is 30.2 Å². The molecule has 0 radical (unpaired) electrons. The molecule has 6 rings (SSSR count). The van der Waals surface area contributed by atoms with Gasteiger partial charge in [0.2, 0.25) is 0 Å². The average Bonchev–Trinajstić information content (AvgIpc) is 3.74. The van der Waals surface area contributed by atoms with Gasteiger partial charge in [0.1, 0.15) is 11.3 Å². The number of amides is 3. The summed E-state index contributed by atoms with van der Waals surface area (Å²) in [5, 5.41) is 18.2. The molecule has 2 N–H and O–H groups in total. The Bertz CT molecular complexity index is 2050. The Hall–Kier alpha value is -5.00. The summed E-state index contributed by atoms with van der Waals surface area (Å²) in [4.78, 5) is 50.0. The smallest absolute Gasteiger partial charge is 0.275 e. The molecule has 0 unspecified atom stereocenters. The first-order valence-electron chi connectivity index (χ1n) is 17.6. The predicted molar refractivity (Wildman–Crippen MR) is 198 cm³/mol. The lowest BCUT2D eigenvalue weighted by Gasteiger charge is -2.37. The number of nitrogens with one attached hydrogen (secondary N) is 1. The average molecular weight is 710 g/mol. The van der Waals surface area contributed by atoms with Crippen molar-refractivity contribution in [3.05, 3.63) is 112 Å². The molecule has 4 heterocycles. The minimum Gasteiger partial charge on any atom is -0.396 e. The van der Waals surface area contributed by atoms with Gasteiger partial charge in [-0.1, -0.05) is 62.6 Å². The number of imidazole rings is 1. The van der Waals surface area contributed by atoms with Gasteiger partial charge < -0.3 is 24.6 Å². The van der Waals surface area contributed by atoms with E-state index in [1.165, 1.54) is 0 Å². The minimum absolute atomic E-state index is 0.0694. The van der Waals surface area contributed by atoms with E-state index in [1.807, 2.05) is 30.0 Å². The number of aromatic nitrogens is 4. The number of unbranched alkanes of at least 4 members (excludes halogenated alkanes) is 2. The van der Waals surface area contributed by atoms with Crippen LogP contribution in [0.2, 0.25) is 5.02 Å². The monoisotopic (exact) mass is 709 g/mol. The van der Waals surface area contributed by atoms with E-state index in [-0.39, 0.29) is 30.2 Å². The molecule has 0 bridgehead atoms. The summed E-state index contributed by atoms with van der Waals surface area (Å²) >= 11 is 6.13. The quantitative estimate of drug-likeness (QED) is 0.140. The number of aliphatic hydroxyl groups excluding tert-OH is 1.